The second-order valence-electron chi connectivity index (χ2n) is 13.1. The highest BCUT2D eigenvalue weighted by Crippen LogP contribution is 2.40. The molecule has 308 valence electrons. The molecule has 13 nitrogen and oxygen atoms in total. The number of pyridine rings is 1. The van der Waals surface area contributed by atoms with Gasteiger partial charge in [0.1, 0.15) is 30.5 Å². The van der Waals surface area contributed by atoms with E-state index in [1.165, 1.54) is 48.9 Å². The van der Waals surface area contributed by atoms with Gasteiger partial charge in [0.2, 0.25) is 5.13 Å². The van der Waals surface area contributed by atoms with Gasteiger partial charge in [0.25, 0.3) is 10.0 Å². The SMILES string of the molecule is N#Cc1cc(S(=O)(=O)Nc2ncns2)ccc1Oc1ccc(-c2cccc(C(F)(F)F)c2)cc1-c1ccnc(COC(=O)NCCC2CCN(C(=O)C(F)(F)F)CC2)c1. The van der Waals surface area contributed by atoms with Gasteiger partial charge in [-0.05, 0) is 96.5 Å². The van der Waals surface area contributed by atoms with E-state index in [9.17, 15) is 49.6 Å². The lowest BCUT2D eigenvalue weighted by Crippen LogP contribution is -2.45. The maximum atomic E-state index is 13.6. The number of halogens is 6. The van der Waals surface area contributed by atoms with Crippen molar-refractivity contribution in [2.45, 2.75) is 43.1 Å². The zero-order chi connectivity index (χ0) is 42.4. The van der Waals surface area contributed by atoms with Gasteiger partial charge in [0.05, 0.1) is 21.7 Å². The third kappa shape index (κ3) is 10.8. The van der Waals surface area contributed by atoms with Crippen LogP contribution in [0.2, 0.25) is 0 Å². The largest absolute Gasteiger partial charge is 0.471 e. The average Bonchev–Trinajstić information content (AvgIpc) is 3.72. The highest BCUT2D eigenvalue weighted by atomic mass is 32.2. The van der Waals surface area contributed by atoms with Gasteiger partial charge in [-0.1, -0.05) is 18.2 Å². The lowest BCUT2D eigenvalue weighted by molar-refractivity contribution is -0.186. The summed E-state index contributed by atoms with van der Waals surface area (Å²) in [6.07, 6.45) is -6.58. The summed E-state index contributed by atoms with van der Waals surface area (Å²) < 4.78 is 122. The molecular weight excluding hydrogens is 829 g/mol. The Kier molecular flexibility index (Phi) is 12.7. The molecule has 0 aliphatic carbocycles. The van der Waals surface area contributed by atoms with Crippen molar-refractivity contribution in [3.8, 4) is 39.8 Å². The van der Waals surface area contributed by atoms with E-state index in [1.54, 1.807) is 18.2 Å². The van der Waals surface area contributed by atoms with Crippen LogP contribution < -0.4 is 14.8 Å². The van der Waals surface area contributed by atoms with Crippen molar-refractivity contribution in [1.82, 2.24) is 24.6 Å². The van der Waals surface area contributed by atoms with E-state index in [2.05, 4.69) is 24.4 Å². The molecule has 1 saturated heterocycles. The minimum Gasteiger partial charge on any atom is -0.455 e. The molecule has 3 heterocycles. The Bertz CT molecular complexity index is 2470. The van der Waals surface area contributed by atoms with Crippen LogP contribution in [0.5, 0.6) is 11.5 Å². The second kappa shape index (κ2) is 17.7. The lowest BCUT2D eigenvalue weighted by Gasteiger charge is -2.32. The number of alkyl halides is 6. The first-order valence-electron chi connectivity index (χ1n) is 17.6. The van der Waals surface area contributed by atoms with Gasteiger partial charge >= 0.3 is 24.4 Å². The Morgan fingerprint density at radius 1 is 0.915 bits per heavy atom. The summed E-state index contributed by atoms with van der Waals surface area (Å²) >= 11 is 0.812. The van der Waals surface area contributed by atoms with Crippen molar-refractivity contribution in [3.63, 3.8) is 0 Å². The van der Waals surface area contributed by atoms with Gasteiger partial charge in [-0.2, -0.15) is 36.0 Å². The summed E-state index contributed by atoms with van der Waals surface area (Å²) in [6.45, 7) is -0.206. The highest BCUT2D eigenvalue weighted by molar-refractivity contribution is 7.93. The first-order valence-corrected chi connectivity index (χ1v) is 19.8. The summed E-state index contributed by atoms with van der Waals surface area (Å²) in [5.74, 6) is -1.78. The van der Waals surface area contributed by atoms with Gasteiger partial charge in [-0.3, -0.25) is 14.5 Å². The van der Waals surface area contributed by atoms with Gasteiger partial charge < -0.3 is 19.7 Å². The number of piperidine rings is 1. The van der Waals surface area contributed by atoms with Crippen molar-refractivity contribution < 1.29 is 53.8 Å². The summed E-state index contributed by atoms with van der Waals surface area (Å²) in [5, 5.41) is 12.6. The normalized spacial score (nSPS) is 13.7. The van der Waals surface area contributed by atoms with Crippen LogP contribution in [-0.2, 0) is 32.3 Å². The highest BCUT2D eigenvalue weighted by Gasteiger charge is 2.43. The molecule has 6 rings (SSSR count). The third-order valence-corrected chi connectivity index (χ3v) is 11.2. The van der Waals surface area contributed by atoms with E-state index in [0.29, 0.717) is 36.0 Å². The molecule has 59 heavy (non-hydrogen) atoms. The molecule has 0 bridgehead atoms. The molecule has 0 unspecified atom stereocenters. The van der Waals surface area contributed by atoms with E-state index >= 15 is 0 Å². The van der Waals surface area contributed by atoms with Gasteiger partial charge in [0.15, 0.2) is 0 Å². The molecule has 1 aliphatic heterocycles. The fourth-order valence-electron chi connectivity index (χ4n) is 6.16. The molecular formula is C38H31F6N7O6S2. The lowest BCUT2D eigenvalue weighted by atomic mass is 9.93. The Morgan fingerprint density at radius 2 is 1.66 bits per heavy atom. The minimum absolute atomic E-state index is 0.00648. The molecule has 21 heteroatoms. The molecule has 0 spiro atoms. The molecule has 2 amide bonds. The first kappa shape index (κ1) is 42.3. The van der Waals surface area contributed by atoms with Gasteiger partial charge in [0, 0.05) is 42.9 Å². The predicted octanol–water partition coefficient (Wildman–Crippen LogP) is 8.17. The van der Waals surface area contributed by atoms with Crippen LogP contribution in [0.25, 0.3) is 22.3 Å². The Balaban J connectivity index is 1.19. The maximum absolute atomic E-state index is 13.6. The summed E-state index contributed by atoms with van der Waals surface area (Å²) in [7, 11) is -4.16. The van der Waals surface area contributed by atoms with Gasteiger partial charge in [-0.15, -0.1) is 0 Å². The number of anilines is 1. The summed E-state index contributed by atoms with van der Waals surface area (Å²) in [5.41, 5.74) is 0.606. The number of nitriles is 1. The number of sulfonamides is 1. The quantitative estimate of drug-likeness (QED) is 0.116. The number of likely N-dealkylation sites (tertiary alicyclic amines) is 1. The van der Waals surface area contributed by atoms with E-state index in [0.717, 1.165) is 34.6 Å². The maximum Gasteiger partial charge on any atom is 0.471 e. The van der Waals surface area contributed by atoms with Crippen molar-refractivity contribution in [1.29, 1.82) is 5.26 Å². The van der Waals surface area contributed by atoms with Crippen molar-refractivity contribution >= 4 is 38.7 Å². The van der Waals surface area contributed by atoms with Crippen LogP contribution in [0.1, 0.15) is 36.1 Å². The zero-order valence-electron chi connectivity index (χ0n) is 30.4. The van der Waals surface area contributed by atoms with Crippen LogP contribution in [-0.4, -0.2) is 65.5 Å². The number of hydrogen-bond acceptors (Lipinski definition) is 11. The Hall–Kier alpha value is -6.27. The molecule has 2 aromatic heterocycles. The first-order chi connectivity index (χ1) is 28.0. The molecule has 0 radical (unpaired) electrons. The van der Waals surface area contributed by atoms with E-state index in [1.807, 2.05) is 6.07 Å². The number of nitrogens with one attached hydrogen (secondary N) is 2. The number of nitrogens with zero attached hydrogens (tertiary/aromatic N) is 5. The predicted molar refractivity (Wildman–Crippen MR) is 200 cm³/mol. The number of alkyl carbamates (subject to hydrolysis) is 1. The fourth-order valence-corrected chi connectivity index (χ4v) is 7.85. The van der Waals surface area contributed by atoms with E-state index in [4.69, 9.17) is 9.47 Å². The number of hydrogen-bond donors (Lipinski definition) is 2. The topological polar surface area (TPSA) is 176 Å². The molecule has 0 atom stereocenters. The molecule has 1 aliphatic rings. The van der Waals surface area contributed by atoms with Crippen LogP contribution in [0, 0.1) is 17.2 Å². The van der Waals surface area contributed by atoms with E-state index < -0.39 is 39.9 Å². The number of ether oxygens (including phenoxy) is 2. The number of carbonyl (C=O) groups is 2. The van der Waals surface area contributed by atoms with E-state index in [-0.39, 0.29) is 70.5 Å². The van der Waals surface area contributed by atoms with Crippen LogP contribution >= 0.6 is 11.5 Å². The number of rotatable bonds is 12. The Morgan fingerprint density at radius 3 is 2.36 bits per heavy atom. The van der Waals surface area contributed by atoms with Crippen LogP contribution in [0.3, 0.4) is 0 Å². The third-order valence-electron chi connectivity index (χ3n) is 9.13. The summed E-state index contributed by atoms with van der Waals surface area (Å²) in [6, 6.07) is 17.9. The molecule has 1 fully saturated rings. The number of aromatic nitrogens is 3. The number of carbonyl (C=O) groups excluding carboxylic acids is 2. The van der Waals surface area contributed by atoms with Crippen LogP contribution in [0.15, 0.2) is 90.2 Å². The van der Waals surface area contributed by atoms with Gasteiger partial charge in [-0.25, -0.2) is 18.2 Å². The molecule has 2 N–H and O–H groups in total. The zero-order valence-corrected chi connectivity index (χ0v) is 32.0. The molecule has 0 saturated carbocycles. The van der Waals surface area contributed by atoms with Crippen molar-refractivity contribution in [3.05, 3.63) is 102 Å². The van der Waals surface area contributed by atoms with Crippen molar-refractivity contribution in [2.75, 3.05) is 24.4 Å². The fraction of sp³-hybridized carbons (Fsp3) is 0.263. The van der Waals surface area contributed by atoms with Crippen molar-refractivity contribution in [2.24, 2.45) is 5.92 Å². The number of amides is 2. The smallest absolute Gasteiger partial charge is 0.455 e. The Labute approximate surface area is 336 Å². The summed E-state index contributed by atoms with van der Waals surface area (Å²) in [4.78, 5) is 32.6. The standard InChI is InChI=1S/C38H31F6N7O6S2/c39-37(40,41)28-3-1-2-24(16-28)25-4-6-33(57-32-7-5-30(18-27(32)20-45)59(54,55)50-35-48-22-49-58-35)31(19-25)26-9-13-46-29(17-26)21-56-36(53)47-12-8-23-10-14-51(15-11-23)34(52)38(42,43)44/h1-7,9,13,16-19,22-23H,8,10-12,14-15,21H2,(H,47,53)(H,48,49,50). The molecule has 5 aromatic rings. The average molecular weight is 860 g/mol. The molecule has 3 aromatic carbocycles. The minimum atomic E-state index is -4.93. The monoisotopic (exact) mass is 859 g/mol. The number of benzene rings is 3. The van der Waals surface area contributed by atoms with Crippen LogP contribution in [0.4, 0.5) is 36.3 Å². The second-order valence-corrected chi connectivity index (χ2v) is 15.5.